The predicted octanol–water partition coefficient (Wildman–Crippen LogP) is 4.85. The summed E-state index contributed by atoms with van der Waals surface area (Å²) in [6.45, 7) is 3.44. The molecule has 0 spiro atoms. The van der Waals surface area contributed by atoms with Crippen molar-refractivity contribution in [2.24, 2.45) is 0 Å². The summed E-state index contributed by atoms with van der Waals surface area (Å²) in [7, 11) is 0. The molecule has 3 aromatic rings. The SMILES string of the molecule is CC(=O)OCC1OC(Sc2cc(Cl)c(Cl)c(Cl)c2)C(OC(C)=O)C(n2cc(-c3nccs3)nn2)C1OC(C)=O. The smallest absolute Gasteiger partial charge is 0.303 e. The molecule has 1 aromatic carbocycles. The van der Waals surface area contributed by atoms with Crippen molar-refractivity contribution in [3.63, 3.8) is 0 Å². The number of aromatic nitrogens is 4. The lowest BCUT2D eigenvalue weighted by atomic mass is 9.96. The molecule has 5 unspecified atom stereocenters. The monoisotopic (exact) mass is 634 g/mol. The number of halogens is 3. The number of hydrogen-bond donors (Lipinski definition) is 0. The lowest BCUT2D eigenvalue weighted by Crippen LogP contribution is -2.57. The summed E-state index contributed by atoms with van der Waals surface area (Å²) in [5, 5.41) is 11.4. The van der Waals surface area contributed by atoms with Gasteiger partial charge in [-0.25, -0.2) is 9.67 Å². The number of thioether (sulfide) groups is 1. The van der Waals surface area contributed by atoms with Crippen molar-refractivity contribution in [3.8, 4) is 10.7 Å². The summed E-state index contributed by atoms with van der Waals surface area (Å²) in [5.74, 6) is -1.82. The third kappa shape index (κ3) is 7.21. The van der Waals surface area contributed by atoms with Gasteiger partial charge in [-0.3, -0.25) is 14.4 Å². The van der Waals surface area contributed by atoms with Crippen LogP contribution >= 0.6 is 57.9 Å². The predicted molar refractivity (Wildman–Crippen MR) is 144 cm³/mol. The molecule has 0 radical (unpaired) electrons. The van der Waals surface area contributed by atoms with E-state index in [2.05, 4.69) is 15.3 Å². The molecule has 1 aliphatic heterocycles. The topological polar surface area (TPSA) is 132 Å². The van der Waals surface area contributed by atoms with Gasteiger partial charge in [0.05, 0.1) is 21.3 Å². The molecule has 3 heterocycles. The Bertz CT molecular complexity index is 1330. The first-order valence-electron chi connectivity index (χ1n) is 11.3. The van der Waals surface area contributed by atoms with Crippen LogP contribution in [0.2, 0.25) is 15.1 Å². The van der Waals surface area contributed by atoms with Crippen LogP contribution < -0.4 is 0 Å². The quantitative estimate of drug-likeness (QED) is 0.191. The van der Waals surface area contributed by atoms with E-state index in [-0.39, 0.29) is 21.7 Å². The number of ether oxygens (including phenoxy) is 4. The van der Waals surface area contributed by atoms with Crippen molar-refractivity contribution in [1.82, 2.24) is 20.0 Å². The Kier molecular flexibility index (Phi) is 9.73. The minimum atomic E-state index is -1.09. The third-order valence-corrected chi connectivity index (χ3v) is 8.46. The van der Waals surface area contributed by atoms with Gasteiger partial charge in [-0.1, -0.05) is 51.8 Å². The second-order valence-corrected chi connectivity index (χ2v) is 11.5. The van der Waals surface area contributed by atoms with Crippen LogP contribution in [-0.4, -0.2) is 68.2 Å². The van der Waals surface area contributed by atoms with Crippen molar-refractivity contribution in [1.29, 1.82) is 0 Å². The maximum absolute atomic E-state index is 12.3. The zero-order valence-electron chi connectivity index (χ0n) is 20.6. The van der Waals surface area contributed by atoms with Crippen LogP contribution in [0.1, 0.15) is 26.8 Å². The highest BCUT2D eigenvalue weighted by Gasteiger charge is 2.52. The number of benzene rings is 1. The van der Waals surface area contributed by atoms with E-state index in [1.54, 1.807) is 29.9 Å². The summed E-state index contributed by atoms with van der Waals surface area (Å²) < 4.78 is 24.3. The van der Waals surface area contributed by atoms with Crippen LogP contribution in [0.15, 0.2) is 34.8 Å². The third-order valence-electron chi connectivity index (χ3n) is 5.35. The number of rotatable bonds is 8. The molecule has 0 bridgehead atoms. The van der Waals surface area contributed by atoms with Gasteiger partial charge in [-0.15, -0.1) is 16.4 Å². The molecular formula is C23H21Cl3N4O7S2. The van der Waals surface area contributed by atoms with Crippen LogP contribution in [0, 0.1) is 0 Å². The molecule has 4 rings (SSSR count). The first-order chi connectivity index (χ1) is 18.5. The van der Waals surface area contributed by atoms with Crippen LogP contribution in [0.5, 0.6) is 0 Å². The van der Waals surface area contributed by atoms with Gasteiger partial charge in [0, 0.05) is 37.2 Å². The number of esters is 3. The largest absolute Gasteiger partial charge is 0.463 e. The molecule has 39 heavy (non-hydrogen) atoms. The fraction of sp³-hybridized carbons (Fsp3) is 0.391. The Morgan fingerprint density at radius 3 is 2.31 bits per heavy atom. The summed E-state index contributed by atoms with van der Waals surface area (Å²) in [5.41, 5.74) is -0.469. The summed E-state index contributed by atoms with van der Waals surface area (Å²) in [6, 6.07) is 2.22. The summed E-state index contributed by atoms with van der Waals surface area (Å²) >= 11 is 21.1. The van der Waals surface area contributed by atoms with E-state index in [0.717, 1.165) is 11.8 Å². The first-order valence-corrected chi connectivity index (χ1v) is 14.2. The fourth-order valence-corrected chi connectivity index (χ4v) is 6.38. The van der Waals surface area contributed by atoms with E-state index < -0.39 is 47.7 Å². The zero-order chi connectivity index (χ0) is 28.3. The lowest BCUT2D eigenvalue weighted by molar-refractivity contribution is -0.212. The minimum Gasteiger partial charge on any atom is -0.463 e. The van der Waals surface area contributed by atoms with Crippen LogP contribution in [0.3, 0.4) is 0 Å². The molecular weight excluding hydrogens is 615 g/mol. The summed E-state index contributed by atoms with van der Waals surface area (Å²) in [4.78, 5) is 40.9. The van der Waals surface area contributed by atoms with Gasteiger partial charge in [-0.05, 0) is 12.1 Å². The van der Waals surface area contributed by atoms with Crippen molar-refractivity contribution >= 4 is 75.8 Å². The van der Waals surface area contributed by atoms with Gasteiger partial charge >= 0.3 is 17.9 Å². The molecule has 1 fully saturated rings. The van der Waals surface area contributed by atoms with Gasteiger partial charge in [0.15, 0.2) is 12.2 Å². The molecule has 1 aliphatic rings. The molecule has 0 N–H and O–H groups in total. The molecule has 0 amide bonds. The highest BCUT2D eigenvalue weighted by Crippen LogP contribution is 2.43. The highest BCUT2D eigenvalue weighted by molar-refractivity contribution is 7.99. The standard InChI is InChI=1S/C23H21Cl3N4O7S2/c1-10(31)34-9-17-20(35-11(2)32)19(30-8-16(28-29-30)22-27-4-5-38-22)21(36-12(3)33)23(37-17)39-13-6-14(24)18(26)15(25)7-13/h4-8,17,19-21,23H,9H2,1-3H3. The minimum absolute atomic E-state index is 0.182. The average Bonchev–Trinajstić information content (AvgIpc) is 3.55. The molecule has 11 nitrogen and oxygen atoms in total. The Hall–Kier alpha value is -2.42. The van der Waals surface area contributed by atoms with Crippen molar-refractivity contribution < 1.29 is 33.3 Å². The second-order valence-electron chi connectivity index (χ2n) is 8.22. The van der Waals surface area contributed by atoms with Crippen LogP contribution in [0.4, 0.5) is 0 Å². The Labute approximate surface area is 246 Å². The lowest BCUT2D eigenvalue weighted by Gasteiger charge is -2.44. The van der Waals surface area contributed by atoms with E-state index in [9.17, 15) is 14.4 Å². The molecule has 2 aromatic heterocycles. The van der Waals surface area contributed by atoms with Crippen molar-refractivity contribution in [3.05, 3.63) is 45.0 Å². The number of carbonyl (C=O) groups excluding carboxylic acids is 3. The second kappa shape index (κ2) is 12.8. The molecule has 0 aliphatic carbocycles. The van der Waals surface area contributed by atoms with Gasteiger partial charge in [0.1, 0.15) is 34.9 Å². The van der Waals surface area contributed by atoms with Crippen LogP contribution in [-0.2, 0) is 33.3 Å². The summed E-state index contributed by atoms with van der Waals surface area (Å²) in [6.07, 6.45) is 0.0948. The highest BCUT2D eigenvalue weighted by atomic mass is 35.5. The van der Waals surface area contributed by atoms with Gasteiger partial charge in [-0.2, -0.15) is 0 Å². The maximum Gasteiger partial charge on any atom is 0.303 e. The Morgan fingerprint density at radius 2 is 1.72 bits per heavy atom. The van der Waals surface area contributed by atoms with Crippen molar-refractivity contribution in [2.75, 3.05) is 6.61 Å². The van der Waals surface area contributed by atoms with E-state index >= 15 is 0 Å². The van der Waals surface area contributed by atoms with Crippen LogP contribution in [0.25, 0.3) is 10.7 Å². The van der Waals surface area contributed by atoms with Gasteiger partial charge < -0.3 is 18.9 Å². The molecule has 16 heteroatoms. The Balaban J connectivity index is 1.80. The first kappa shape index (κ1) is 29.6. The van der Waals surface area contributed by atoms with E-state index in [4.69, 9.17) is 53.8 Å². The molecule has 5 atom stereocenters. The maximum atomic E-state index is 12.3. The zero-order valence-corrected chi connectivity index (χ0v) is 24.5. The van der Waals surface area contributed by atoms with Crippen molar-refractivity contribution in [2.45, 2.75) is 55.5 Å². The van der Waals surface area contributed by atoms with E-state index in [0.29, 0.717) is 15.6 Å². The Morgan fingerprint density at radius 1 is 1.05 bits per heavy atom. The number of hydrogen-bond acceptors (Lipinski definition) is 12. The average molecular weight is 636 g/mol. The van der Waals surface area contributed by atoms with Gasteiger partial charge in [0.25, 0.3) is 0 Å². The van der Waals surface area contributed by atoms with E-state index in [1.807, 2.05) is 0 Å². The number of thiazole rings is 1. The number of carbonyl (C=O) groups is 3. The normalized spacial score (nSPS) is 22.8. The molecule has 0 saturated carbocycles. The molecule has 1 saturated heterocycles. The fourth-order valence-electron chi connectivity index (χ4n) is 3.88. The molecule has 208 valence electrons. The van der Waals surface area contributed by atoms with Gasteiger partial charge in [0.2, 0.25) is 0 Å². The van der Waals surface area contributed by atoms with E-state index in [1.165, 1.54) is 36.8 Å². The number of nitrogens with zero attached hydrogens (tertiary/aromatic N) is 4.